The highest BCUT2D eigenvalue weighted by atomic mass is 79.9. The SMILES string of the molecule is CC(C)(C)OC(=O)N1CCC(O)C1CBr. The van der Waals surface area contributed by atoms with E-state index in [4.69, 9.17) is 4.74 Å². The number of alkyl halides is 1. The van der Waals surface area contributed by atoms with E-state index in [0.717, 1.165) is 0 Å². The van der Waals surface area contributed by atoms with Crippen LogP contribution in [-0.2, 0) is 4.74 Å². The second-order valence-corrected chi connectivity index (χ2v) is 5.40. The molecule has 0 aromatic rings. The van der Waals surface area contributed by atoms with E-state index in [2.05, 4.69) is 15.9 Å². The summed E-state index contributed by atoms with van der Waals surface area (Å²) in [5, 5.41) is 10.2. The predicted molar refractivity (Wildman–Crippen MR) is 61.1 cm³/mol. The van der Waals surface area contributed by atoms with Gasteiger partial charge in [-0.15, -0.1) is 0 Å². The van der Waals surface area contributed by atoms with E-state index in [1.54, 1.807) is 4.90 Å². The lowest BCUT2D eigenvalue weighted by atomic mass is 10.2. The third kappa shape index (κ3) is 3.34. The fraction of sp³-hybridized carbons (Fsp3) is 0.900. The van der Waals surface area contributed by atoms with E-state index >= 15 is 0 Å². The van der Waals surface area contributed by atoms with Crippen LogP contribution in [0.2, 0.25) is 0 Å². The van der Waals surface area contributed by atoms with Gasteiger partial charge in [-0.05, 0) is 27.2 Å². The van der Waals surface area contributed by atoms with Gasteiger partial charge in [-0.25, -0.2) is 4.79 Å². The van der Waals surface area contributed by atoms with Gasteiger partial charge in [0.05, 0.1) is 12.1 Å². The number of carbonyl (C=O) groups is 1. The Kier molecular flexibility index (Phi) is 4.00. The number of ether oxygens (including phenoxy) is 1. The molecule has 1 rings (SSSR count). The quantitative estimate of drug-likeness (QED) is 0.744. The first-order valence-electron chi connectivity index (χ1n) is 5.09. The molecule has 0 radical (unpaired) electrons. The summed E-state index contributed by atoms with van der Waals surface area (Å²) < 4.78 is 5.26. The van der Waals surface area contributed by atoms with Crippen LogP contribution in [-0.4, -0.2) is 45.7 Å². The summed E-state index contributed by atoms with van der Waals surface area (Å²) in [4.78, 5) is 13.3. The van der Waals surface area contributed by atoms with Crippen molar-refractivity contribution in [1.29, 1.82) is 0 Å². The Morgan fingerprint density at radius 2 is 2.20 bits per heavy atom. The van der Waals surface area contributed by atoms with Gasteiger partial charge in [0.1, 0.15) is 5.60 Å². The molecule has 0 aromatic heterocycles. The van der Waals surface area contributed by atoms with E-state index in [9.17, 15) is 9.90 Å². The molecule has 0 saturated carbocycles. The Morgan fingerprint density at radius 3 is 2.67 bits per heavy atom. The maximum absolute atomic E-state index is 11.7. The van der Waals surface area contributed by atoms with E-state index < -0.39 is 11.7 Å². The van der Waals surface area contributed by atoms with Crippen molar-refractivity contribution in [1.82, 2.24) is 4.90 Å². The van der Waals surface area contributed by atoms with Crippen LogP contribution in [0.15, 0.2) is 0 Å². The third-order valence-corrected chi connectivity index (χ3v) is 2.96. The van der Waals surface area contributed by atoms with Gasteiger partial charge < -0.3 is 14.7 Å². The third-order valence-electron chi connectivity index (χ3n) is 2.30. The molecule has 1 aliphatic rings. The molecular formula is C10H18BrNO3. The molecule has 0 aromatic carbocycles. The number of amides is 1. The first-order valence-corrected chi connectivity index (χ1v) is 6.21. The van der Waals surface area contributed by atoms with Crippen LogP contribution in [0.3, 0.4) is 0 Å². The first-order chi connectivity index (χ1) is 6.85. The van der Waals surface area contributed by atoms with Gasteiger partial charge in [0.15, 0.2) is 0 Å². The molecule has 1 fully saturated rings. The van der Waals surface area contributed by atoms with E-state index in [1.165, 1.54) is 0 Å². The van der Waals surface area contributed by atoms with Crippen LogP contribution < -0.4 is 0 Å². The van der Waals surface area contributed by atoms with Gasteiger partial charge in [0.2, 0.25) is 0 Å². The number of rotatable bonds is 1. The van der Waals surface area contributed by atoms with Gasteiger partial charge in [-0.3, -0.25) is 0 Å². The zero-order valence-corrected chi connectivity index (χ0v) is 11.0. The number of aliphatic hydroxyl groups excluding tert-OH is 1. The molecule has 4 nitrogen and oxygen atoms in total. The second kappa shape index (κ2) is 4.70. The molecule has 1 aliphatic heterocycles. The normalized spacial score (nSPS) is 26.9. The molecule has 0 aliphatic carbocycles. The molecule has 2 unspecified atom stereocenters. The maximum Gasteiger partial charge on any atom is 0.410 e. The van der Waals surface area contributed by atoms with Gasteiger partial charge in [-0.1, -0.05) is 15.9 Å². The second-order valence-electron chi connectivity index (χ2n) is 4.75. The number of hydrogen-bond donors (Lipinski definition) is 1. The van der Waals surface area contributed by atoms with Gasteiger partial charge in [0.25, 0.3) is 0 Å². The molecule has 2 atom stereocenters. The van der Waals surface area contributed by atoms with Crippen LogP contribution in [0.4, 0.5) is 4.79 Å². The fourth-order valence-corrected chi connectivity index (χ4v) is 2.35. The molecular weight excluding hydrogens is 262 g/mol. The van der Waals surface area contributed by atoms with Crippen LogP contribution in [0.5, 0.6) is 0 Å². The van der Waals surface area contributed by atoms with E-state index in [0.29, 0.717) is 18.3 Å². The standard InChI is InChI=1S/C10H18BrNO3/c1-10(2,3)15-9(14)12-5-4-8(13)7(12)6-11/h7-8,13H,4-6H2,1-3H3. The summed E-state index contributed by atoms with van der Waals surface area (Å²) in [6.07, 6.45) is -0.171. The summed E-state index contributed by atoms with van der Waals surface area (Å²) in [6, 6.07) is -0.167. The van der Waals surface area contributed by atoms with Crippen molar-refractivity contribution in [2.45, 2.75) is 44.9 Å². The van der Waals surface area contributed by atoms with Crippen molar-refractivity contribution >= 4 is 22.0 Å². The minimum atomic E-state index is -0.485. The van der Waals surface area contributed by atoms with Crippen molar-refractivity contribution in [3.8, 4) is 0 Å². The van der Waals surface area contributed by atoms with Crippen molar-refractivity contribution < 1.29 is 14.6 Å². The maximum atomic E-state index is 11.7. The number of likely N-dealkylation sites (tertiary alicyclic amines) is 1. The largest absolute Gasteiger partial charge is 0.444 e. The smallest absolute Gasteiger partial charge is 0.410 e. The Morgan fingerprint density at radius 1 is 1.60 bits per heavy atom. The molecule has 1 N–H and O–H groups in total. The fourth-order valence-electron chi connectivity index (χ4n) is 1.57. The number of nitrogens with zero attached hydrogens (tertiary/aromatic N) is 1. The van der Waals surface area contributed by atoms with Crippen LogP contribution in [0.25, 0.3) is 0 Å². The van der Waals surface area contributed by atoms with Crippen LogP contribution in [0.1, 0.15) is 27.2 Å². The highest BCUT2D eigenvalue weighted by Gasteiger charge is 2.37. The molecule has 1 saturated heterocycles. The van der Waals surface area contributed by atoms with Crippen molar-refractivity contribution in [3.63, 3.8) is 0 Å². The van der Waals surface area contributed by atoms with Crippen molar-refractivity contribution in [3.05, 3.63) is 0 Å². The monoisotopic (exact) mass is 279 g/mol. The Balaban J connectivity index is 2.60. The lowest BCUT2D eigenvalue weighted by molar-refractivity contribution is 0.0184. The summed E-state index contributed by atoms with van der Waals surface area (Å²) in [5.41, 5.74) is -0.485. The van der Waals surface area contributed by atoms with Gasteiger partial charge >= 0.3 is 6.09 Å². The minimum Gasteiger partial charge on any atom is -0.444 e. The summed E-state index contributed by atoms with van der Waals surface area (Å²) in [6.45, 7) is 6.06. The van der Waals surface area contributed by atoms with Crippen molar-refractivity contribution in [2.75, 3.05) is 11.9 Å². The highest BCUT2D eigenvalue weighted by molar-refractivity contribution is 9.09. The Bertz CT molecular complexity index is 239. The zero-order chi connectivity index (χ0) is 11.6. The zero-order valence-electron chi connectivity index (χ0n) is 9.36. The molecule has 0 spiro atoms. The summed E-state index contributed by atoms with van der Waals surface area (Å²) in [7, 11) is 0. The highest BCUT2D eigenvalue weighted by Crippen LogP contribution is 2.22. The molecule has 1 amide bonds. The average Bonchev–Trinajstić information content (AvgIpc) is 2.43. The number of hydrogen-bond acceptors (Lipinski definition) is 3. The summed E-state index contributed by atoms with van der Waals surface area (Å²) >= 11 is 3.30. The number of carbonyl (C=O) groups excluding carboxylic acids is 1. The first kappa shape index (κ1) is 12.8. The molecule has 1 heterocycles. The number of aliphatic hydroxyl groups is 1. The van der Waals surface area contributed by atoms with E-state index in [1.807, 2.05) is 20.8 Å². The Hall–Kier alpha value is -0.290. The van der Waals surface area contributed by atoms with E-state index in [-0.39, 0.29) is 12.1 Å². The molecule has 5 heteroatoms. The topological polar surface area (TPSA) is 49.8 Å². The average molecular weight is 280 g/mol. The summed E-state index contributed by atoms with van der Waals surface area (Å²) in [5.74, 6) is 0. The van der Waals surface area contributed by atoms with Crippen LogP contribution >= 0.6 is 15.9 Å². The molecule has 15 heavy (non-hydrogen) atoms. The van der Waals surface area contributed by atoms with Crippen LogP contribution in [0, 0.1) is 0 Å². The lowest BCUT2D eigenvalue weighted by Gasteiger charge is -2.28. The van der Waals surface area contributed by atoms with Gasteiger partial charge in [-0.2, -0.15) is 0 Å². The Labute approximate surface area is 98.7 Å². The van der Waals surface area contributed by atoms with Gasteiger partial charge in [0, 0.05) is 11.9 Å². The molecule has 0 bridgehead atoms. The number of halogens is 1. The van der Waals surface area contributed by atoms with Crippen molar-refractivity contribution in [2.24, 2.45) is 0 Å². The molecule has 88 valence electrons. The lowest BCUT2D eigenvalue weighted by Crippen LogP contribution is -2.43. The predicted octanol–water partition coefficient (Wildman–Crippen LogP) is 1.75. The minimum absolute atomic E-state index is 0.167.